The summed E-state index contributed by atoms with van der Waals surface area (Å²) < 4.78 is 4.59. The first-order chi connectivity index (χ1) is 6.15. The van der Waals surface area contributed by atoms with Crippen molar-refractivity contribution in [3.05, 3.63) is 0 Å². The van der Waals surface area contributed by atoms with Gasteiger partial charge in [-0.15, -0.1) is 0 Å². The van der Waals surface area contributed by atoms with Crippen molar-refractivity contribution in [1.29, 1.82) is 0 Å². The summed E-state index contributed by atoms with van der Waals surface area (Å²) in [6, 6.07) is 0.326. The van der Waals surface area contributed by atoms with Gasteiger partial charge in [-0.3, -0.25) is 0 Å². The molecule has 1 amide bonds. The Morgan fingerprint density at radius 2 is 2.15 bits per heavy atom. The van der Waals surface area contributed by atoms with E-state index in [4.69, 9.17) is 0 Å². The van der Waals surface area contributed by atoms with Gasteiger partial charge in [-0.2, -0.15) is 0 Å². The van der Waals surface area contributed by atoms with E-state index in [0.717, 1.165) is 6.42 Å². The van der Waals surface area contributed by atoms with Gasteiger partial charge in [0.2, 0.25) is 0 Å². The minimum atomic E-state index is -0.294. The molecule has 76 valence electrons. The molecule has 0 aromatic heterocycles. The normalized spacial score (nSPS) is 27.7. The molecule has 1 aliphatic rings. The molecule has 0 saturated heterocycles. The maximum absolute atomic E-state index is 11.0. The third-order valence-corrected chi connectivity index (χ3v) is 2.91. The lowest BCUT2D eigenvalue weighted by atomic mass is 9.91. The highest BCUT2D eigenvalue weighted by molar-refractivity contribution is 5.67. The van der Waals surface area contributed by atoms with Gasteiger partial charge in [0.25, 0.3) is 0 Å². The first-order valence-corrected chi connectivity index (χ1v) is 4.99. The molecule has 0 heterocycles. The highest BCUT2D eigenvalue weighted by Gasteiger charge is 2.30. The number of alkyl carbamates (subject to hydrolysis) is 1. The molecule has 1 aliphatic carbocycles. The van der Waals surface area contributed by atoms with Gasteiger partial charge in [0.1, 0.15) is 0 Å². The Bertz CT molecular complexity index is 180. The van der Waals surface area contributed by atoms with Crippen molar-refractivity contribution >= 4 is 6.09 Å². The van der Waals surface area contributed by atoms with Crippen LogP contribution in [0.5, 0.6) is 0 Å². The molecular formula is C10H19NO2. The summed E-state index contributed by atoms with van der Waals surface area (Å²) in [5.41, 5.74) is 0. The highest BCUT2D eigenvalue weighted by Crippen LogP contribution is 2.31. The zero-order valence-corrected chi connectivity index (χ0v) is 8.67. The van der Waals surface area contributed by atoms with Crippen LogP contribution in [0.4, 0.5) is 4.79 Å². The maximum Gasteiger partial charge on any atom is 0.407 e. The molecule has 0 radical (unpaired) electrons. The number of carbonyl (C=O) groups is 1. The van der Waals surface area contributed by atoms with Crippen molar-refractivity contribution in [3.63, 3.8) is 0 Å². The summed E-state index contributed by atoms with van der Waals surface area (Å²) in [7, 11) is 1.41. The fourth-order valence-corrected chi connectivity index (χ4v) is 2.18. The molecule has 0 aromatic rings. The Kier molecular flexibility index (Phi) is 3.58. The van der Waals surface area contributed by atoms with E-state index in [1.165, 1.54) is 20.0 Å². The molecule has 0 unspecified atom stereocenters. The van der Waals surface area contributed by atoms with Gasteiger partial charge < -0.3 is 10.1 Å². The van der Waals surface area contributed by atoms with E-state index >= 15 is 0 Å². The number of nitrogens with one attached hydrogen (secondary N) is 1. The predicted octanol–water partition coefficient (Wildman–Crippen LogP) is 2.17. The Morgan fingerprint density at radius 3 is 2.69 bits per heavy atom. The van der Waals surface area contributed by atoms with Gasteiger partial charge in [-0.05, 0) is 24.7 Å². The third-order valence-electron chi connectivity index (χ3n) is 2.91. The lowest BCUT2D eigenvalue weighted by Gasteiger charge is -2.23. The van der Waals surface area contributed by atoms with Gasteiger partial charge in [0, 0.05) is 6.04 Å². The van der Waals surface area contributed by atoms with Crippen molar-refractivity contribution in [3.8, 4) is 0 Å². The van der Waals surface area contributed by atoms with Gasteiger partial charge in [-0.1, -0.05) is 20.3 Å². The summed E-state index contributed by atoms with van der Waals surface area (Å²) in [6.07, 6.45) is 3.25. The Balaban J connectivity index is 2.44. The first-order valence-electron chi connectivity index (χ1n) is 4.99. The predicted molar refractivity (Wildman–Crippen MR) is 51.5 cm³/mol. The lowest BCUT2D eigenvalue weighted by molar-refractivity contribution is 0.161. The van der Waals surface area contributed by atoms with Gasteiger partial charge in [0.15, 0.2) is 0 Å². The van der Waals surface area contributed by atoms with E-state index in [0.29, 0.717) is 17.9 Å². The largest absolute Gasteiger partial charge is 0.453 e. The first kappa shape index (κ1) is 10.4. The summed E-state index contributed by atoms with van der Waals surface area (Å²) in [5.74, 6) is 1.27. The summed E-state index contributed by atoms with van der Waals surface area (Å²) in [5, 5.41) is 2.90. The molecule has 0 spiro atoms. The van der Waals surface area contributed by atoms with Crippen molar-refractivity contribution < 1.29 is 9.53 Å². The zero-order valence-electron chi connectivity index (χ0n) is 8.67. The fourth-order valence-electron chi connectivity index (χ4n) is 2.18. The second kappa shape index (κ2) is 4.49. The molecule has 0 aromatic carbocycles. The van der Waals surface area contributed by atoms with Crippen molar-refractivity contribution in [2.45, 2.75) is 39.2 Å². The van der Waals surface area contributed by atoms with Crippen LogP contribution in [-0.4, -0.2) is 19.2 Å². The monoisotopic (exact) mass is 185 g/mol. The van der Waals surface area contributed by atoms with E-state index in [2.05, 4.69) is 23.9 Å². The summed E-state index contributed by atoms with van der Waals surface area (Å²) >= 11 is 0. The molecular weight excluding hydrogens is 166 g/mol. The lowest BCUT2D eigenvalue weighted by Crippen LogP contribution is -2.38. The van der Waals surface area contributed by atoms with Crippen LogP contribution < -0.4 is 5.32 Å². The molecule has 2 atom stereocenters. The van der Waals surface area contributed by atoms with Crippen LogP contribution in [0.1, 0.15) is 33.1 Å². The standard InChI is InChI=1S/C10H19NO2/c1-7(2)8-5-4-6-9(8)11-10(12)13-3/h7-9H,4-6H2,1-3H3,(H,11,12)/t8-,9+/m0/s1. The smallest absolute Gasteiger partial charge is 0.407 e. The van der Waals surface area contributed by atoms with Crippen LogP contribution in [0, 0.1) is 11.8 Å². The minimum absolute atomic E-state index is 0.294. The van der Waals surface area contributed by atoms with Crippen LogP contribution in [0.15, 0.2) is 0 Å². The molecule has 1 rings (SSSR count). The molecule has 3 heteroatoms. The van der Waals surface area contributed by atoms with Gasteiger partial charge >= 0.3 is 6.09 Å². The number of carbonyl (C=O) groups excluding carboxylic acids is 1. The molecule has 13 heavy (non-hydrogen) atoms. The SMILES string of the molecule is COC(=O)N[C@@H]1CCC[C@H]1C(C)C. The molecule has 0 bridgehead atoms. The number of hydrogen-bond acceptors (Lipinski definition) is 2. The van der Waals surface area contributed by atoms with Crippen molar-refractivity contribution in [1.82, 2.24) is 5.32 Å². The fraction of sp³-hybridized carbons (Fsp3) is 0.900. The van der Waals surface area contributed by atoms with E-state index in [-0.39, 0.29) is 6.09 Å². The van der Waals surface area contributed by atoms with E-state index in [1.54, 1.807) is 0 Å². The van der Waals surface area contributed by atoms with E-state index in [9.17, 15) is 4.79 Å². The average Bonchev–Trinajstić information content (AvgIpc) is 2.52. The maximum atomic E-state index is 11.0. The second-order valence-electron chi connectivity index (χ2n) is 4.08. The Hall–Kier alpha value is -0.730. The zero-order chi connectivity index (χ0) is 9.84. The van der Waals surface area contributed by atoms with Gasteiger partial charge in [-0.25, -0.2) is 4.79 Å². The van der Waals surface area contributed by atoms with Crippen LogP contribution in [0.2, 0.25) is 0 Å². The van der Waals surface area contributed by atoms with Crippen molar-refractivity contribution in [2.75, 3.05) is 7.11 Å². The summed E-state index contributed by atoms with van der Waals surface area (Å²) in [6.45, 7) is 4.42. The Morgan fingerprint density at radius 1 is 1.46 bits per heavy atom. The van der Waals surface area contributed by atoms with Gasteiger partial charge in [0.05, 0.1) is 7.11 Å². The Labute approximate surface area is 79.8 Å². The average molecular weight is 185 g/mol. The van der Waals surface area contributed by atoms with E-state index in [1.807, 2.05) is 0 Å². The molecule has 0 aliphatic heterocycles. The van der Waals surface area contributed by atoms with Crippen molar-refractivity contribution in [2.24, 2.45) is 11.8 Å². The van der Waals surface area contributed by atoms with Crippen LogP contribution in [-0.2, 0) is 4.74 Å². The molecule has 3 nitrogen and oxygen atoms in total. The molecule has 1 saturated carbocycles. The summed E-state index contributed by atoms with van der Waals surface area (Å²) in [4.78, 5) is 11.0. The quantitative estimate of drug-likeness (QED) is 0.716. The minimum Gasteiger partial charge on any atom is -0.453 e. The molecule has 1 fully saturated rings. The molecule has 1 N–H and O–H groups in total. The number of hydrogen-bond donors (Lipinski definition) is 1. The highest BCUT2D eigenvalue weighted by atomic mass is 16.5. The van der Waals surface area contributed by atoms with Crippen LogP contribution in [0.25, 0.3) is 0 Å². The number of methoxy groups -OCH3 is 1. The number of ether oxygens (including phenoxy) is 1. The van der Waals surface area contributed by atoms with Crippen LogP contribution in [0.3, 0.4) is 0 Å². The third kappa shape index (κ3) is 2.61. The van der Waals surface area contributed by atoms with Crippen LogP contribution >= 0.6 is 0 Å². The number of rotatable bonds is 2. The second-order valence-corrected chi connectivity index (χ2v) is 4.08. The van der Waals surface area contributed by atoms with E-state index < -0.39 is 0 Å². The number of amides is 1. The topological polar surface area (TPSA) is 38.3 Å².